The van der Waals surface area contributed by atoms with Crippen LogP contribution < -0.4 is 0 Å². The van der Waals surface area contributed by atoms with Crippen LogP contribution in [0.5, 0.6) is 0 Å². The van der Waals surface area contributed by atoms with E-state index in [1.54, 1.807) is 0 Å². The maximum atomic E-state index is 3.01. The summed E-state index contributed by atoms with van der Waals surface area (Å²) in [7, 11) is 0. The van der Waals surface area contributed by atoms with Crippen molar-refractivity contribution in [3.63, 3.8) is 0 Å². The molecule has 0 aliphatic rings. The Morgan fingerprint density at radius 2 is 1.90 bits per heavy atom. The molecule has 0 atom stereocenters. The van der Waals surface area contributed by atoms with E-state index in [4.69, 9.17) is 0 Å². The Morgan fingerprint density at radius 3 is 2.50 bits per heavy atom. The molecule has 0 fully saturated rings. The summed E-state index contributed by atoms with van der Waals surface area (Å²) in [6.45, 7) is 0. The molecule has 1 heteroatoms. The van der Waals surface area contributed by atoms with Gasteiger partial charge in [-0.3, -0.25) is 0 Å². The first-order valence-corrected chi connectivity index (χ1v) is 4.25. The highest BCUT2D eigenvalue weighted by atomic mass is 32.2. The Hall–Kier alpha value is -0.870. The lowest BCUT2D eigenvalue weighted by Crippen LogP contribution is -1.68. The first-order chi connectivity index (χ1) is 4.93. The van der Waals surface area contributed by atoms with Gasteiger partial charge in [-0.05, 0) is 23.6 Å². The van der Waals surface area contributed by atoms with Gasteiger partial charge in [0.15, 0.2) is 0 Å². The standard InChI is InChI=1S/C9H8S/c1-10-8-7-9-5-3-2-4-6-9/h2-6H,1H3. The topological polar surface area (TPSA) is 0 Å². The molecule has 0 aromatic heterocycles. The van der Waals surface area contributed by atoms with Crippen LogP contribution in [-0.2, 0) is 0 Å². The van der Waals surface area contributed by atoms with Gasteiger partial charge in [-0.25, -0.2) is 0 Å². The summed E-state index contributed by atoms with van der Waals surface area (Å²) in [5, 5.41) is 2.93. The van der Waals surface area contributed by atoms with Gasteiger partial charge in [0.05, 0.1) is 0 Å². The zero-order chi connectivity index (χ0) is 7.23. The Morgan fingerprint density at radius 1 is 1.20 bits per heavy atom. The average molecular weight is 148 g/mol. The molecule has 10 heavy (non-hydrogen) atoms. The molecule has 0 spiro atoms. The van der Waals surface area contributed by atoms with E-state index in [2.05, 4.69) is 11.2 Å². The maximum Gasteiger partial charge on any atom is 0.0254 e. The molecule has 0 aliphatic carbocycles. The van der Waals surface area contributed by atoms with Crippen molar-refractivity contribution in [3.8, 4) is 11.2 Å². The van der Waals surface area contributed by atoms with E-state index in [0.717, 1.165) is 5.56 Å². The highest BCUT2D eigenvalue weighted by Crippen LogP contribution is 1.96. The van der Waals surface area contributed by atoms with Crippen LogP contribution in [0.15, 0.2) is 30.3 Å². The fraction of sp³-hybridized carbons (Fsp3) is 0.111. The summed E-state index contributed by atoms with van der Waals surface area (Å²) < 4.78 is 0. The maximum absolute atomic E-state index is 3.01. The highest BCUT2D eigenvalue weighted by molar-refractivity contribution is 8.03. The van der Waals surface area contributed by atoms with Crippen molar-refractivity contribution in [2.75, 3.05) is 6.26 Å². The summed E-state index contributed by atoms with van der Waals surface area (Å²) in [6.07, 6.45) is 1.97. The third-order valence-corrected chi connectivity index (χ3v) is 1.38. The summed E-state index contributed by atoms with van der Waals surface area (Å²) in [5.41, 5.74) is 1.08. The quantitative estimate of drug-likeness (QED) is 0.509. The van der Waals surface area contributed by atoms with Gasteiger partial charge in [0, 0.05) is 5.56 Å². The van der Waals surface area contributed by atoms with Gasteiger partial charge >= 0.3 is 0 Å². The average Bonchev–Trinajstić information content (AvgIpc) is 2.03. The van der Waals surface area contributed by atoms with Gasteiger partial charge in [-0.1, -0.05) is 35.9 Å². The lowest BCUT2D eigenvalue weighted by molar-refractivity contribution is 1.65. The summed E-state index contributed by atoms with van der Waals surface area (Å²) in [4.78, 5) is 0. The second kappa shape index (κ2) is 4.03. The van der Waals surface area contributed by atoms with E-state index in [1.807, 2.05) is 36.6 Å². The molecule has 0 saturated heterocycles. The molecule has 50 valence electrons. The van der Waals surface area contributed by atoms with Crippen molar-refractivity contribution in [2.45, 2.75) is 0 Å². The van der Waals surface area contributed by atoms with E-state index < -0.39 is 0 Å². The Balaban J connectivity index is 2.76. The molecule has 0 saturated carbocycles. The van der Waals surface area contributed by atoms with Gasteiger partial charge < -0.3 is 0 Å². The minimum atomic E-state index is 1.08. The van der Waals surface area contributed by atoms with Crippen molar-refractivity contribution in [3.05, 3.63) is 35.9 Å². The SMILES string of the molecule is CSC#Cc1ccccc1. The van der Waals surface area contributed by atoms with Crippen LogP contribution in [0.2, 0.25) is 0 Å². The fourth-order valence-electron chi connectivity index (χ4n) is 0.631. The van der Waals surface area contributed by atoms with Gasteiger partial charge in [0.2, 0.25) is 0 Å². The number of hydrogen-bond donors (Lipinski definition) is 0. The molecule has 0 nitrogen and oxygen atoms in total. The minimum Gasteiger partial charge on any atom is -0.0781 e. The number of rotatable bonds is 0. The van der Waals surface area contributed by atoms with Gasteiger partial charge in [0.25, 0.3) is 0 Å². The molecule has 1 rings (SSSR count). The van der Waals surface area contributed by atoms with Gasteiger partial charge in [0.1, 0.15) is 0 Å². The van der Waals surface area contributed by atoms with Crippen LogP contribution in [0.25, 0.3) is 0 Å². The van der Waals surface area contributed by atoms with Crippen molar-refractivity contribution in [1.82, 2.24) is 0 Å². The molecule has 0 N–H and O–H groups in total. The lowest BCUT2D eigenvalue weighted by atomic mass is 10.2. The first-order valence-electron chi connectivity index (χ1n) is 3.02. The van der Waals surface area contributed by atoms with E-state index in [1.165, 1.54) is 11.8 Å². The summed E-state index contributed by atoms with van der Waals surface area (Å²) >= 11 is 1.54. The van der Waals surface area contributed by atoms with Crippen molar-refractivity contribution in [2.24, 2.45) is 0 Å². The monoisotopic (exact) mass is 148 g/mol. The molecule has 0 amide bonds. The minimum absolute atomic E-state index is 1.08. The normalized spacial score (nSPS) is 8.10. The molecule has 0 unspecified atom stereocenters. The number of benzene rings is 1. The summed E-state index contributed by atoms with van der Waals surface area (Å²) in [6, 6.07) is 9.98. The van der Waals surface area contributed by atoms with E-state index in [0.29, 0.717) is 0 Å². The second-order valence-electron chi connectivity index (χ2n) is 1.80. The van der Waals surface area contributed by atoms with E-state index in [-0.39, 0.29) is 0 Å². The third-order valence-electron chi connectivity index (χ3n) is 1.07. The third kappa shape index (κ3) is 2.16. The molecule has 0 aliphatic heterocycles. The van der Waals surface area contributed by atoms with Crippen molar-refractivity contribution < 1.29 is 0 Å². The predicted octanol–water partition coefficient (Wildman–Crippen LogP) is 2.36. The molecule has 0 bridgehead atoms. The van der Waals surface area contributed by atoms with Crippen LogP contribution in [0.3, 0.4) is 0 Å². The van der Waals surface area contributed by atoms with E-state index >= 15 is 0 Å². The van der Waals surface area contributed by atoms with Crippen LogP contribution in [0.4, 0.5) is 0 Å². The lowest BCUT2D eigenvalue weighted by Gasteiger charge is -1.84. The highest BCUT2D eigenvalue weighted by Gasteiger charge is 1.78. The molecule has 1 aromatic carbocycles. The van der Waals surface area contributed by atoms with E-state index in [9.17, 15) is 0 Å². The molecule has 1 aromatic rings. The smallest absolute Gasteiger partial charge is 0.0254 e. The van der Waals surface area contributed by atoms with Gasteiger partial charge in [-0.2, -0.15) is 0 Å². The van der Waals surface area contributed by atoms with Crippen LogP contribution in [0.1, 0.15) is 5.56 Å². The van der Waals surface area contributed by atoms with Crippen LogP contribution in [-0.4, -0.2) is 6.26 Å². The zero-order valence-electron chi connectivity index (χ0n) is 5.79. The van der Waals surface area contributed by atoms with Crippen molar-refractivity contribution in [1.29, 1.82) is 0 Å². The van der Waals surface area contributed by atoms with Crippen LogP contribution >= 0.6 is 11.8 Å². The number of thioether (sulfide) groups is 1. The summed E-state index contributed by atoms with van der Waals surface area (Å²) in [5.74, 6) is 3.01. The molecule has 0 radical (unpaired) electrons. The Bertz CT molecular complexity index is 240. The fourth-order valence-corrected chi connectivity index (χ4v) is 0.851. The predicted molar refractivity (Wildman–Crippen MR) is 46.8 cm³/mol. The first kappa shape index (κ1) is 7.24. The Labute approximate surface area is 65.6 Å². The zero-order valence-corrected chi connectivity index (χ0v) is 6.61. The molecular formula is C9H8S. The van der Waals surface area contributed by atoms with Gasteiger partial charge in [-0.15, -0.1) is 0 Å². The Kier molecular flexibility index (Phi) is 2.92. The van der Waals surface area contributed by atoms with Crippen molar-refractivity contribution >= 4 is 11.8 Å². The largest absolute Gasteiger partial charge is 0.0781 e. The molecular weight excluding hydrogens is 140 g/mol. The number of hydrogen-bond acceptors (Lipinski definition) is 1. The molecule has 0 heterocycles. The van der Waals surface area contributed by atoms with Crippen LogP contribution in [0, 0.1) is 11.2 Å². The second-order valence-corrected chi connectivity index (χ2v) is 2.41.